The van der Waals surface area contributed by atoms with Crippen molar-refractivity contribution >= 4 is 34.9 Å². The Bertz CT molecular complexity index is 388. The zero-order chi connectivity index (χ0) is 12.5. The molecule has 3 heteroatoms. The third-order valence-electron chi connectivity index (χ3n) is 3.90. The number of rotatable bonds is 4. The minimum atomic E-state index is 0.396. The van der Waals surface area contributed by atoms with Gasteiger partial charge in [0.05, 0.1) is 0 Å². The van der Waals surface area contributed by atoms with Crippen molar-refractivity contribution in [2.24, 2.45) is 0 Å². The number of thioether (sulfide) groups is 2. The van der Waals surface area contributed by atoms with E-state index in [0.717, 1.165) is 0 Å². The van der Waals surface area contributed by atoms with Crippen molar-refractivity contribution < 1.29 is 0 Å². The summed E-state index contributed by atoms with van der Waals surface area (Å²) in [6.45, 7) is 9.41. The van der Waals surface area contributed by atoms with Crippen molar-refractivity contribution in [2.75, 3.05) is 11.5 Å². The summed E-state index contributed by atoms with van der Waals surface area (Å²) in [5.41, 5.74) is 0.396. The average molecular weight is 287 g/mol. The van der Waals surface area contributed by atoms with Crippen LogP contribution in [0.15, 0.2) is 9.79 Å². The molecule has 0 saturated carbocycles. The zero-order valence-corrected chi connectivity index (χ0v) is 13.7. The summed E-state index contributed by atoms with van der Waals surface area (Å²) in [4.78, 5) is 6.55. The van der Waals surface area contributed by atoms with E-state index < -0.39 is 0 Å². The zero-order valence-electron chi connectivity index (χ0n) is 11.3. The SMILES string of the molecule is CCc1sc(C(C)(CC)CC)c2c1SCCS2. The third kappa shape index (κ3) is 2.43. The summed E-state index contributed by atoms with van der Waals surface area (Å²) in [6, 6.07) is 0. The molecule has 0 fully saturated rings. The lowest BCUT2D eigenvalue weighted by molar-refractivity contribution is 0.440. The second-order valence-corrected chi connectivity index (χ2v) is 8.15. The molecule has 0 saturated heterocycles. The van der Waals surface area contributed by atoms with Gasteiger partial charge in [0.15, 0.2) is 0 Å². The Kier molecular flexibility index (Phi) is 4.54. The van der Waals surface area contributed by atoms with E-state index >= 15 is 0 Å². The quantitative estimate of drug-likeness (QED) is 0.708. The minimum Gasteiger partial charge on any atom is -0.142 e. The molecule has 1 aromatic rings. The van der Waals surface area contributed by atoms with Gasteiger partial charge in [-0.1, -0.05) is 27.7 Å². The molecule has 0 radical (unpaired) electrons. The van der Waals surface area contributed by atoms with Gasteiger partial charge in [-0.25, -0.2) is 0 Å². The first-order valence-corrected chi connectivity index (χ1v) is 9.36. The van der Waals surface area contributed by atoms with Crippen LogP contribution in [0.1, 0.15) is 50.3 Å². The second-order valence-electron chi connectivity index (χ2n) is 4.83. The van der Waals surface area contributed by atoms with E-state index in [-0.39, 0.29) is 0 Å². The van der Waals surface area contributed by atoms with Gasteiger partial charge in [0, 0.05) is 36.5 Å². The van der Waals surface area contributed by atoms with E-state index in [2.05, 4.69) is 62.6 Å². The highest BCUT2D eigenvalue weighted by Crippen LogP contribution is 2.51. The van der Waals surface area contributed by atoms with E-state index in [0.29, 0.717) is 5.41 Å². The molecule has 0 aromatic carbocycles. The van der Waals surface area contributed by atoms with Gasteiger partial charge in [-0.2, -0.15) is 0 Å². The van der Waals surface area contributed by atoms with Gasteiger partial charge < -0.3 is 0 Å². The average Bonchev–Trinajstić information content (AvgIpc) is 2.77. The third-order valence-corrected chi connectivity index (χ3v) is 8.44. The molecular formula is C14H22S3. The van der Waals surface area contributed by atoms with Crippen LogP contribution in [-0.4, -0.2) is 11.5 Å². The standard InChI is InChI=1S/C14H22S3/c1-5-10-11-12(16-9-8-15-11)13(17-10)14(4,6-2)7-3/h5-9H2,1-4H3. The minimum absolute atomic E-state index is 0.396. The first-order valence-electron chi connectivity index (χ1n) is 6.58. The molecule has 1 aliphatic rings. The number of hydrogen-bond acceptors (Lipinski definition) is 3. The molecule has 96 valence electrons. The number of fused-ring (bicyclic) bond motifs is 1. The lowest BCUT2D eigenvalue weighted by atomic mass is 9.83. The summed E-state index contributed by atoms with van der Waals surface area (Å²) in [7, 11) is 0. The molecule has 1 aromatic heterocycles. The number of aryl methyl sites for hydroxylation is 1. The number of thiophene rings is 1. The van der Waals surface area contributed by atoms with Crippen LogP contribution in [-0.2, 0) is 11.8 Å². The molecule has 0 spiro atoms. The van der Waals surface area contributed by atoms with Crippen LogP contribution in [0, 0.1) is 0 Å². The molecule has 0 N–H and O–H groups in total. The van der Waals surface area contributed by atoms with Crippen LogP contribution in [0.3, 0.4) is 0 Å². The van der Waals surface area contributed by atoms with E-state index in [1.165, 1.54) is 30.8 Å². The molecule has 17 heavy (non-hydrogen) atoms. The van der Waals surface area contributed by atoms with Crippen LogP contribution in [0.25, 0.3) is 0 Å². The normalized spacial score (nSPS) is 16.0. The molecule has 0 atom stereocenters. The Morgan fingerprint density at radius 2 is 1.59 bits per heavy atom. The van der Waals surface area contributed by atoms with E-state index in [1.807, 2.05) is 0 Å². The van der Waals surface area contributed by atoms with Gasteiger partial charge in [-0.05, 0) is 19.3 Å². The molecule has 1 aliphatic heterocycles. The van der Waals surface area contributed by atoms with Gasteiger partial charge in [0.25, 0.3) is 0 Å². The fourth-order valence-electron chi connectivity index (χ4n) is 2.21. The van der Waals surface area contributed by atoms with Crippen molar-refractivity contribution in [1.82, 2.24) is 0 Å². The highest BCUT2D eigenvalue weighted by molar-refractivity contribution is 8.06. The fraction of sp³-hybridized carbons (Fsp3) is 0.714. The fourth-order valence-corrected chi connectivity index (χ4v) is 6.86. The van der Waals surface area contributed by atoms with E-state index in [4.69, 9.17) is 0 Å². The van der Waals surface area contributed by atoms with Crippen LogP contribution in [0.4, 0.5) is 0 Å². The monoisotopic (exact) mass is 286 g/mol. The summed E-state index contributed by atoms with van der Waals surface area (Å²) in [6.07, 6.45) is 3.71. The largest absolute Gasteiger partial charge is 0.142 e. The Morgan fingerprint density at radius 3 is 2.12 bits per heavy atom. The Morgan fingerprint density at radius 1 is 1.00 bits per heavy atom. The molecule has 2 rings (SSSR count). The molecule has 0 nitrogen and oxygen atoms in total. The van der Waals surface area contributed by atoms with Crippen LogP contribution < -0.4 is 0 Å². The molecule has 0 unspecified atom stereocenters. The smallest absolute Gasteiger partial charge is 0.0356 e. The number of hydrogen-bond donors (Lipinski definition) is 0. The summed E-state index contributed by atoms with van der Waals surface area (Å²) in [5.74, 6) is 2.57. The highest BCUT2D eigenvalue weighted by Gasteiger charge is 2.31. The summed E-state index contributed by atoms with van der Waals surface area (Å²) >= 11 is 6.28. The molecular weight excluding hydrogens is 264 g/mol. The maximum atomic E-state index is 2.44. The Labute approximate surface area is 118 Å². The van der Waals surface area contributed by atoms with E-state index in [9.17, 15) is 0 Å². The van der Waals surface area contributed by atoms with Gasteiger partial charge in [-0.3, -0.25) is 0 Å². The second kappa shape index (κ2) is 5.58. The lowest BCUT2D eigenvalue weighted by Crippen LogP contribution is -2.19. The molecule has 0 bridgehead atoms. The Hall–Kier alpha value is 0.400. The highest BCUT2D eigenvalue weighted by atomic mass is 32.2. The first-order chi connectivity index (χ1) is 8.16. The van der Waals surface area contributed by atoms with Crippen molar-refractivity contribution in [2.45, 2.75) is 62.2 Å². The van der Waals surface area contributed by atoms with Crippen molar-refractivity contribution in [3.63, 3.8) is 0 Å². The van der Waals surface area contributed by atoms with Crippen molar-refractivity contribution in [3.8, 4) is 0 Å². The molecule has 0 aliphatic carbocycles. The topological polar surface area (TPSA) is 0 Å². The molecule has 0 amide bonds. The summed E-state index contributed by atoms with van der Waals surface area (Å²) < 4.78 is 0. The molecule has 2 heterocycles. The first kappa shape index (κ1) is 13.8. The predicted octanol–water partition coefficient (Wildman–Crippen LogP) is 5.59. The predicted molar refractivity (Wildman–Crippen MR) is 83.1 cm³/mol. The van der Waals surface area contributed by atoms with Crippen LogP contribution in [0.5, 0.6) is 0 Å². The summed E-state index contributed by atoms with van der Waals surface area (Å²) in [5, 5.41) is 0. The Balaban J connectivity index is 2.50. The maximum absolute atomic E-state index is 2.44. The van der Waals surface area contributed by atoms with Crippen molar-refractivity contribution in [1.29, 1.82) is 0 Å². The van der Waals surface area contributed by atoms with Gasteiger partial charge in [-0.15, -0.1) is 34.9 Å². The van der Waals surface area contributed by atoms with Crippen LogP contribution >= 0.6 is 34.9 Å². The van der Waals surface area contributed by atoms with E-state index in [1.54, 1.807) is 19.5 Å². The van der Waals surface area contributed by atoms with Crippen molar-refractivity contribution in [3.05, 3.63) is 9.75 Å². The maximum Gasteiger partial charge on any atom is 0.0356 e. The van der Waals surface area contributed by atoms with Gasteiger partial charge in [0.1, 0.15) is 0 Å². The lowest BCUT2D eigenvalue weighted by Gasteiger charge is -2.27. The van der Waals surface area contributed by atoms with Crippen LogP contribution in [0.2, 0.25) is 0 Å². The van der Waals surface area contributed by atoms with Gasteiger partial charge in [0.2, 0.25) is 0 Å². The van der Waals surface area contributed by atoms with Gasteiger partial charge >= 0.3 is 0 Å².